The van der Waals surface area contributed by atoms with E-state index in [2.05, 4.69) is 11.9 Å². The molecule has 0 saturated heterocycles. The summed E-state index contributed by atoms with van der Waals surface area (Å²) in [4.78, 5) is 14.8. The highest BCUT2D eigenvalue weighted by Crippen LogP contribution is 2.27. The number of hydrogen-bond donors (Lipinski definition) is 1. The molecular weight excluding hydrogens is 240 g/mol. The van der Waals surface area contributed by atoms with Crippen LogP contribution in [0.25, 0.3) is 10.9 Å². The number of methoxy groups -OCH3 is 1. The first kappa shape index (κ1) is 13.2. The molecular formula is C15H16N2O2. The van der Waals surface area contributed by atoms with Crippen LogP contribution in [0.4, 0.5) is 0 Å². The topological polar surface area (TPSA) is 65.9 Å². The normalized spacial score (nSPS) is 10.4. The third kappa shape index (κ3) is 2.60. The molecule has 0 bridgehead atoms. The third-order valence-corrected chi connectivity index (χ3v) is 3.08. The van der Waals surface area contributed by atoms with Gasteiger partial charge in [0.05, 0.1) is 18.9 Å². The molecule has 0 atom stereocenters. The van der Waals surface area contributed by atoms with E-state index in [0.29, 0.717) is 5.69 Å². The second-order valence-corrected chi connectivity index (χ2v) is 4.44. The van der Waals surface area contributed by atoms with Gasteiger partial charge in [-0.25, -0.2) is 0 Å². The molecule has 0 aliphatic carbocycles. The Kier molecular flexibility index (Phi) is 3.86. The van der Waals surface area contributed by atoms with Gasteiger partial charge in [0.2, 0.25) is 0 Å². The van der Waals surface area contributed by atoms with Crippen LogP contribution in [0.1, 0.15) is 35.8 Å². The summed E-state index contributed by atoms with van der Waals surface area (Å²) in [6, 6.07) is 7.59. The molecule has 19 heavy (non-hydrogen) atoms. The number of aryl methyl sites for hydroxylation is 1. The Bertz CT molecular complexity index is 650. The summed E-state index contributed by atoms with van der Waals surface area (Å²) in [5.74, 6) is 0.655. The Morgan fingerprint density at radius 1 is 1.42 bits per heavy atom. The maximum Gasteiger partial charge on any atom is 0.193 e. The van der Waals surface area contributed by atoms with Crippen LogP contribution in [-0.4, -0.2) is 17.9 Å². The first-order valence-electron chi connectivity index (χ1n) is 6.29. The number of rotatable bonds is 5. The monoisotopic (exact) mass is 256 g/mol. The van der Waals surface area contributed by atoms with E-state index in [0.717, 1.165) is 35.1 Å². The van der Waals surface area contributed by atoms with Gasteiger partial charge in [-0.05, 0) is 30.2 Å². The second kappa shape index (κ2) is 5.57. The maximum absolute atomic E-state index is 11.7. The van der Waals surface area contributed by atoms with Crippen molar-refractivity contribution < 1.29 is 9.53 Å². The molecule has 4 heteroatoms. The number of nitrogens with zero attached hydrogens (tertiary/aromatic N) is 1. The van der Waals surface area contributed by atoms with E-state index in [-0.39, 0.29) is 12.2 Å². The highest BCUT2D eigenvalue weighted by molar-refractivity contribution is 6.00. The molecule has 0 aliphatic rings. The van der Waals surface area contributed by atoms with Crippen LogP contribution < -0.4 is 4.74 Å². The van der Waals surface area contributed by atoms with E-state index in [1.165, 1.54) is 0 Å². The minimum absolute atomic E-state index is 0.105. The Morgan fingerprint density at radius 3 is 2.84 bits per heavy atom. The predicted octanol–water partition coefficient (Wildman–Crippen LogP) is 3.23. The molecule has 0 spiro atoms. The van der Waals surface area contributed by atoms with Crippen molar-refractivity contribution in [3.05, 3.63) is 29.5 Å². The van der Waals surface area contributed by atoms with Crippen molar-refractivity contribution in [2.24, 2.45) is 0 Å². The third-order valence-electron chi connectivity index (χ3n) is 3.08. The number of ether oxygens (including phenoxy) is 1. The van der Waals surface area contributed by atoms with Crippen LogP contribution in [0, 0.1) is 11.3 Å². The van der Waals surface area contributed by atoms with Gasteiger partial charge in [-0.3, -0.25) is 4.79 Å². The van der Waals surface area contributed by atoms with Gasteiger partial charge >= 0.3 is 0 Å². The minimum atomic E-state index is -0.185. The van der Waals surface area contributed by atoms with Crippen LogP contribution in [0.5, 0.6) is 5.75 Å². The van der Waals surface area contributed by atoms with Crippen molar-refractivity contribution in [2.45, 2.75) is 26.2 Å². The Hall–Kier alpha value is -2.28. The molecule has 0 amide bonds. The van der Waals surface area contributed by atoms with Crippen LogP contribution in [-0.2, 0) is 6.42 Å². The number of ketones is 1. The highest BCUT2D eigenvalue weighted by Gasteiger charge is 2.12. The molecule has 2 aromatic rings. The fraction of sp³-hybridized carbons (Fsp3) is 0.333. The zero-order chi connectivity index (χ0) is 13.8. The molecule has 2 rings (SSSR count). The van der Waals surface area contributed by atoms with Crippen molar-refractivity contribution in [2.75, 3.05) is 7.11 Å². The first-order valence-corrected chi connectivity index (χ1v) is 6.29. The molecule has 1 heterocycles. The van der Waals surface area contributed by atoms with E-state index >= 15 is 0 Å². The van der Waals surface area contributed by atoms with Crippen LogP contribution >= 0.6 is 0 Å². The molecule has 98 valence electrons. The van der Waals surface area contributed by atoms with Gasteiger partial charge in [-0.15, -0.1) is 0 Å². The van der Waals surface area contributed by atoms with Gasteiger partial charge in [0.1, 0.15) is 12.2 Å². The number of nitriles is 1. The number of aromatic nitrogens is 1. The van der Waals surface area contributed by atoms with E-state index in [1.807, 2.05) is 18.2 Å². The summed E-state index contributed by atoms with van der Waals surface area (Å²) in [6.45, 7) is 2.11. The molecule has 1 N–H and O–H groups in total. The fourth-order valence-electron chi connectivity index (χ4n) is 2.18. The zero-order valence-electron chi connectivity index (χ0n) is 11.1. The second-order valence-electron chi connectivity index (χ2n) is 4.44. The molecule has 0 fully saturated rings. The van der Waals surface area contributed by atoms with E-state index in [1.54, 1.807) is 13.2 Å². The van der Waals surface area contributed by atoms with Crippen molar-refractivity contribution in [1.29, 1.82) is 5.26 Å². The summed E-state index contributed by atoms with van der Waals surface area (Å²) in [5.41, 5.74) is 2.51. The van der Waals surface area contributed by atoms with E-state index in [9.17, 15) is 4.79 Å². The minimum Gasteiger partial charge on any atom is -0.496 e. The number of Topliss-reactive ketones (excluding diaryl/α,β-unsaturated/α-hetero) is 1. The van der Waals surface area contributed by atoms with Gasteiger partial charge in [0, 0.05) is 10.9 Å². The molecule has 4 nitrogen and oxygen atoms in total. The lowest BCUT2D eigenvalue weighted by molar-refractivity contribution is 0.0994. The number of carbonyl (C=O) groups excluding carboxylic acids is 1. The summed E-state index contributed by atoms with van der Waals surface area (Å²) >= 11 is 0. The highest BCUT2D eigenvalue weighted by atomic mass is 16.5. The summed E-state index contributed by atoms with van der Waals surface area (Å²) in [6.07, 6.45) is 1.86. The van der Waals surface area contributed by atoms with Gasteiger partial charge in [-0.2, -0.15) is 5.26 Å². The number of carbonyl (C=O) groups is 1. The maximum atomic E-state index is 11.7. The lowest BCUT2D eigenvalue weighted by Gasteiger charge is -2.07. The Balaban J connectivity index is 2.48. The number of hydrogen-bond acceptors (Lipinski definition) is 3. The molecule has 1 aromatic heterocycles. The van der Waals surface area contributed by atoms with Gasteiger partial charge in [-0.1, -0.05) is 13.3 Å². The predicted molar refractivity (Wildman–Crippen MR) is 73.4 cm³/mol. The summed E-state index contributed by atoms with van der Waals surface area (Å²) in [5, 5.41) is 9.49. The molecule has 0 aliphatic heterocycles. The summed E-state index contributed by atoms with van der Waals surface area (Å²) in [7, 11) is 1.65. The molecule has 0 radical (unpaired) electrons. The smallest absolute Gasteiger partial charge is 0.193 e. The van der Waals surface area contributed by atoms with Crippen LogP contribution in [0.2, 0.25) is 0 Å². The molecule has 1 aromatic carbocycles. The van der Waals surface area contributed by atoms with Gasteiger partial charge in [0.15, 0.2) is 5.78 Å². The van der Waals surface area contributed by atoms with Crippen molar-refractivity contribution >= 4 is 16.7 Å². The standard InChI is InChI=1S/C15H16N2O2/c1-3-4-10-7-12-11(9-15(10)19-2)8-13(17-12)14(18)5-6-16/h7-9,17H,3-5H2,1-2H3. The van der Waals surface area contributed by atoms with Crippen molar-refractivity contribution in [1.82, 2.24) is 4.98 Å². The van der Waals surface area contributed by atoms with Crippen molar-refractivity contribution in [3.63, 3.8) is 0 Å². The fourth-order valence-corrected chi connectivity index (χ4v) is 2.18. The lowest BCUT2D eigenvalue weighted by Crippen LogP contribution is -1.96. The van der Waals surface area contributed by atoms with Gasteiger partial charge < -0.3 is 9.72 Å². The zero-order valence-corrected chi connectivity index (χ0v) is 11.1. The molecule has 0 unspecified atom stereocenters. The van der Waals surface area contributed by atoms with Crippen molar-refractivity contribution in [3.8, 4) is 11.8 Å². The average molecular weight is 256 g/mol. The summed E-state index contributed by atoms with van der Waals surface area (Å²) < 4.78 is 5.37. The average Bonchev–Trinajstić information content (AvgIpc) is 2.81. The van der Waals surface area contributed by atoms with Crippen LogP contribution in [0.3, 0.4) is 0 Å². The van der Waals surface area contributed by atoms with Crippen LogP contribution in [0.15, 0.2) is 18.2 Å². The Morgan fingerprint density at radius 2 is 2.21 bits per heavy atom. The first-order chi connectivity index (χ1) is 9.19. The quantitative estimate of drug-likeness (QED) is 0.835. The Labute approximate surface area is 112 Å². The number of benzene rings is 1. The largest absolute Gasteiger partial charge is 0.496 e. The lowest BCUT2D eigenvalue weighted by atomic mass is 10.1. The number of fused-ring (bicyclic) bond motifs is 1. The number of nitrogens with one attached hydrogen (secondary N) is 1. The van der Waals surface area contributed by atoms with Gasteiger partial charge in [0.25, 0.3) is 0 Å². The number of H-pyrrole nitrogens is 1. The van der Waals surface area contributed by atoms with E-state index in [4.69, 9.17) is 10.00 Å². The number of aromatic amines is 1. The van der Waals surface area contributed by atoms with E-state index < -0.39 is 0 Å². The SMILES string of the molecule is CCCc1cc2[nH]c(C(=O)CC#N)cc2cc1OC. The molecule has 0 saturated carbocycles.